The first-order valence-electron chi connectivity index (χ1n) is 8.71. The maximum absolute atomic E-state index is 12.5. The van der Waals surface area contributed by atoms with Crippen molar-refractivity contribution in [3.8, 4) is 0 Å². The zero-order chi connectivity index (χ0) is 15.4. The summed E-state index contributed by atoms with van der Waals surface area (Å²) in [6.45, 7) is 1.67. The van der Waals surface area contributed by atoms with Crippen molar-refractivity contribution in [1.82, 2.24) is 4.90 Å². The van der Waals surface area contributed by atoms with Gasteiger partial charge in [0.15, 0.2) is 0 Å². The van der Waals surface area contributed by atoms with Crippen LogP contribution in [0.2, 0.25) is 0 Å². The maximum Gasteiger partial charge on any atom is 0.225 e. The predicted octanol–water partition coefficient (Wildman–Crippen LogP) is 3.48. The topological polar surface area (TPSA) is 40.5 Å². The van der Waals surface area contributed by atoms with Crippen LogP contribution in [0, 0.1) is 0 Å². The molecule has 3 nitrogen and oxygen atoms in total. The molecule has 1 aromatic carbocycles. The third kappa shape index (κ3) is 3.70. The summed E-state index contributed by atoms with van der Waals surface area (Å²) in [6.07, 6.45) is 7.26. The van der Waals surface area contributed by atoms with E-state index in [0.717, 1.165) is 58.0 Å². The van der Waals surface area contributed by atoms with Crippen LogP contribution in [0.4, 0.5) is 0 Å². The molecule has 1 amide bonds. The molecule has 1 unspecified atom stereocenters. The molecule has 2 aliphatic rings. The normalized spacial score (nSPS) is 25.0. The Bertz CT molecular complexity index is 493. The first-order valence-corrected chi connectivity index (χ1v) is 8.71. The molecule has 0 bridgehead atoms. The lowest BCUT2D eigenvalue weighted by atomic mass is 9.92. The van der Waals surface area contributed by atoms with Gasteiger partial charge in [0, 0.05) is 13.1 Å². The fourth-order valence-electron chi connectivity index (χ4n) is 4.01. The van der Waals surface area contributed by atoms with Crippen molar-refractivity contribution in [2.45, 2.75) is 62.9 Å². The number of likely N-dealkylation sites (tertiary alicyclic amines) is 1. The molecule has 3 heteroatoms. The molecular weight excluding hydrogens is 274 g/mol. The van der Waals surface area contributed by atoms with E-state index in [9.17, 15) is 9.90 Å². The second-order valence-corrected chi connectivity index (χ2v) is 7.03. The van der Waals surface area contributed by atoms with Gasteiger partial charge in [0.1, 0.15) is 0 Å². The second-order valence-electron chi connectivity index (χ2n) is 7.03. The number of aliphatic hydroxyl groups is 1. The average molecular weight is 301 g/mol. The van der Waals surface area contributed by atoms with E-state index in [1.807, 2.05) is 4.90 Å². The predicted molar refractivity (Wildman–Crippen MR) is 87.6 cm³/mol. The Hall–Kier alpha value is -1.35. The highest BCUT2D eigenvalue weighted by molar-refractivity contribution is 5.77. The van der Waals surface area contributed by atoms with Gasteiger partial charge in [-0.1, -0.05) is 43.2 Å². The molecule has 1 saturated heterocycles. The fourth-order valence-corrected chi connectivity index (χ4v) is 4.01. The van der Waals surface area contributed by atoms with Gasteiger partial charge in [-0.2, -0.15) is 0 Å². The summed E-state index contributed by atoms with van der Waals surface area (Å²) in [7, 11) is 0. The SMILES string of the molecule is O=C(CC1(O)CCCC1)N1CCCC(c2ccccc2)CC1. The highest BCUT2D eigenvalue weighted by Crippen LogP contribution is 2.34. The number of amides is 1. The third-order valence-electron chi connectivity index (χ3n) is 5.37. The zero-order valence-electron chi connectivity index (χ0n) is 13.3. The van der Waals surface area contributed by atoms with Crippen LogP contribution in [0.25, 0.3) is 0 Å². The highest BCUT2D eigenvalue weighted by Gasteiger charge is 2.35. The van der Waals surface area contributed by atoms with Crippen molar-refractivity contribution in [3.63, 3.8) is 0 Å². The second kappa shape index (κ2) is 6.82. The number of rotatable bonds is 3. The summed E-state index contributed by atoms with van der Waals surface area (Å²) in [5.41, 5.74) is 0.675. The summed E-state index contributed by atoms with van der Waals surface area (Å²) in [5, 5.41) is 10.4. The van der Waals surface area contributed by atoms with Gasteiger partial charge in [-0.3, -0.25) is 4.79 Å². The minimum atomic E-state index is -0.720. The molecule has 1 aliphatic carbocycles. The van der Waals surface area contributed by atoms with Crippen LogP contribution in [0.3, 0.4) is 0 Å². The molecule has 0 radical (unpaired) electrons. The van der Waals surface area contributed by atoms with E-state index >= 15 is 0 Å². The van der Waals surface area contributed by atoms with E-state index < -0.39 is 5.60 Å². The van der Waals surface area contributed by atoms with Crippen molar-refractivity contribution in [2.75, 3.05) is 13.1 Å². The first-order chi connectivity index (χ1) is 10.7. The molecule has 120 valence electrons. The van der Waals surface area contributed by atoms with Gasteiger partial charge in [-0.05, 0) is 43.6 Å². The van der Waals surface area contributed by atoms with Crippen LogP contribution < -0.4 is 0 Å². The Morgan fingerprint density at radius 1 is 1.09 bits per heavy atom. The minimum Gasteiger partial charge on any atom is -0.389 e. The maximum atomic E-state index is 12.5. The molecule has 1 heterocycles. The Kier molecular flexibility index (Phi) is 4.82. The van der Waals surface area contributed by atoms with Gasteiger partial charge in [0.05, 0.1) is 12.0 Å². The van der Waals surface area contributed by atoms with Gasteiger partial charge in [0.25, 0.3) is 0 Å². The number of benzene rings is 1. The van der Waals surface area contributed by atoms with Crippen molar-refractivity contribution in [3.05, 3.63) is 35.9 Å². The standard InChI is InChI=1S/C19H27NO2/c21-18(15-19(22)11-4-5-12-19)20-13-6-9-17(10-14-20)16-7-2-1-3-8-16/h1-3,7-8,17,22H,4-6,9-15H2. The molecule has 1 aromatic rings. The first kappa shape index (κ1) is 15.5. The summed E-state index contributed by atoms with van der Waals surface area (Å²) in [6, 6.07) is 10.6. The van der Waals surface area contributed by atoms with Crippen LogP contribution in [0.15, 0.2) is 30.3 Å². The van der Waals surface area contributed by atoms with Crippen LogP contribution in [-0.4, -0.2) is 34.6 Å². The van der Waals surface area contributed by atoms with E-state index in [4.69, 9.17) is 0 Å². The van der Waals surface area contributed by atoms with Crippen LogP contribution in [0.1, 0.15) is 62.8 Å². The summed E-state index contributed by atoms with van der Waals surface area (Å²) >= 11 is 0. The van der Waals surface area contributed by atoms with Crippen molar-refractivity contribution in [1.29, 1.82) is 0 Å². The summed E-state index contributed by atoms with van der Waals surface area (Å²) in [5.74, 6) is 0.715. The summed E-state index contributed by atoms with van der Waals surface area (Å²) in [4.78, 5) is 14.5. The van der Waals surface area contributed by atoms with Crippen LogP contribution in [0.5, 0.6) is 0 Å². The zero-order valence-corrected chi connectivity index (χ0v) is 13.3. The highest BCUT2D eigenvalue weighted by atomic mass is 16.3. The number of carbonyl (C=O) groups excluding carboxylic acids is 1. The molecule has 1 saturated carbocycles. The molecule has 0 spiro atoms. The molecule has 3 rings (SSSR count). The number of hydrogen-bond acceptors (Lipinski definition) is 2. The Labute approximate surface area is 133 Å². The lowest BCUT2D eigenvalue weighted by Gasteiger charge is -2.27. The van der Waals surface area contributed by atoms with Gasteiger partial charge >= 0.3 is 0 Å². The van der Waals surface area contributed by atoms with Crippen molar-refractivity contribution < 1.29 is 9.90 Å². The monoisotopic (exact) mass is 301 g/mol. The lowest BCUT2D eigenvalue weighted by Crippen LogP contribution is -2.38. The van der Waals surface area contributed by atoms with Gasteiger partial charge in [0.2, 0.25) is 5.91 Å². The van der Waals surface area contributed by atoms with Crippen molar-refractivity contribution >= 4 is 5.91 Å². The molecular formula is C19H27NO2. The van der Waals surface area contributed by atoms with E-state index in [-0.39, 0.29) is 5.91 Å². The molecule has 1 aliphatic heterocycles. The van der Waals surface area contributed by atoms with Crippen molar-refractivity contribution in [2.24, 2.45) is 0 Å². The smallest absolute Gasteiger partial charge is 0.225 e. The van der Waals surface area contributed by atoms with E-state index in [2.05, 4.69) is 30.3 Å². The Morgan fingerprint density at radius 2 is 1.82 bits per heavy atom. The Balaban J connectivity index is 1.57. The molecule has 2 fully saturated rings. The largest absolute Gasteiger partial charge is 0.389 e. The number of carbonyl (C=O) groups is 1. The fraction of sp³-hybridized carbons (Fsp3) is 0.632. The average Bonchev–Trinajstić information content (AvgIpc) is 2.81. The molecule has 1 N–H and O–H groups in total. The molecule has 0 aromatic heterocycles. The van der Waals surface area contributed by atoms with Gasteiger partial charge < -0.3 is 10.0 Å². The molecule has 1 atom stereocenters. The number of nitrogens with zero attached hydrogens (tertiary/aromatic N) is 1. The van der Waals surface area contributed by atoms with Crippen LogP contribution in [-0.2, 0) is 4.79 Å². The number of hydrogen-bond donors (Lipinski definition) is 1. The lowest BCUT2D eigenvalue weighted by molar-refractivity contribution is -0.136. The third-order valence-corrected chi connectivity index (χ3v) is 5.37. The van der Waals surface area contributed by atoms with E-state index in [0.29, 0.717) is 12.3 Å². The van der Waals surface area contributed by atoms with Crippen LogP contribution >= 0.6 is 0 Å². The molecule has 22 heavy (non-hydrogen) atoms. The van der Waals surface area contributed by atoms with E-state index in [1.165, 1.54) is 5.56 Å². The van der Waals surface area contributed by atoms with E-state index in [1.54, 1.807) is 0 Å². The van der Waals surface area contributed by atoms with Gasteiger partial charge in [-0.25, -0.2) is 0 Å². The quantitative estimate of drug-likeness (QED) is 0.928. The Morgan fingerprint density at radius 3 is 2.55 bits per heavy atom. The minimum absolute atomic E-state index is 0.151. The van der Waals surface area contributed by atoms with Gasteiger partial charge in [-0.15, -0.1) is 0 Å². The summed E-state index contributed by atoms with van der Waals surface area (Å²) < 4.78 is 0.